The Kier molecular flexibility index (Phi) is 5.63. The van der Waals surface area contributed by atoms with E-state index in [9.17, 15) is 9.90 Å². The summed E-state index contributed by atoms with van der Waals surface area (Å²) in [5, 5.41) is 15.7. The largest absolute Gasteiger partial charge is 0.390 e. The van der Waals surface area contributed by atoms with E-state index in [2.05, 4.69) is 38.7 Å². The van der Waals surface area contributed by atoms with E-state index in [-0.39, 0.29) is 12.6 Å². The van der Waals surface area contributed by atoms with Crippen molar-refractivity contribution in [2.45, 2.75) is 26.0 Å². The molecule has 1 atom stereocenters. The van der Waals surface area contributed by atoms with Crippen molar-refractivity contribution < 1.29 is 9.90 Å². The number of aromatic nitrogens is 1. The van der Waals surface area contributed by atoms with Gasteiger partial charge < -0.3 is 15.7 Å². The maximum atomic E-state index is 12.0. The van der Waals surface area contributed by atoms with Crippen LogP contribution in [0.2, 0.25) is 0 Å². The lowest BCUT2D eigenvalue weighted by molar-refractivity contribution is 0.106. The van der Waals surface area contributed by atoms with Gasteiger partial charge >= 0.3 is 6.03 Å². The fourth-order valence-electron chi connectivity index (χ4n) is 3.06. The van der Waals surface area contributed by atoms with Crippen molar-refractivity contribution in [1.29, 1.82) is 0 Å². The predicted octanol–water partition coefficient (Wildman–Crippen LogP) is 1.93. The molecule has 2 heterocycles. The number of aliphatic hydroxyl groups is 1. The monoisotopic (exact) mass is 340 g/mol. The SMILES string of the molecule is Cc1cnccc1NC(=O)NCC(O)CN1CCc2ccccc2C1. The molecule has 0 aliphatic carbocycles. The maximum absolute atomic E-state index is 12.0. The lowest BCUT2D eigenvalue weighted by Crippen LogP contribution is -2.43. The van der Waals surface area contributed by atoms with Crippen LogP contribution in [0.15, 0.2) is 42.7 Å². The third kappa shape index (κ3) is 4.78. The molecule has 3 rings (SSSR count). The van der Waals surface area contributed by atoms with E-state index in [1.54, 1.807) is 18.5 Å². The molecule has 0 spiro atoms. The first-order valence-electron chi connectivity index (χ1n) is 8.54. The molecule has 0 saturated heterocycles. The topological polar surface area (TPSA) is 77.5 Å². The van der Waals surface area contributed by atoms with Gasteiger partial charge in [0.05, 0.1) is 6.10 Å². The van der Waals surface area contributed by atoms with Gasteiger partial charge in [0.2, 0.25) is 0 Å². The highest BCUT2D eigenvalue weighted by Crippen LogP contribution is 2.18. The predicted molar refractivity (Wildman–Crippen MR) is 97.4 cm³/mol. The van der Waals surface area contributed by atoms with Gasteiger partial charge in [-0.3, -0.25) is 9.88 Å². The summed E-state index contributed by atoms with van der Waals surface area (Å²) in [6, 6.07) is 9.84. The number of anilines is 1. The molecule has 1 aliphatic heterocycles. The third-order valence-corrected chi connectivity index (χ3v) is 4.45. The van der Waals surface area contributed by atoms with E-state index in [0.29, 0.717) is 6.54 Å². The van der Waals surface area contributed by atoms with Crippen LogP contribution in [0.1, 0.15) is 16.7 Å². The number of aliphatic hydroxyl groups excluding tert-OH is 1. The zero-order chi connectivity index (χ0) is 17.6. The van der Waals surface area contributed by atoms with Crippen molar-refractivity contribution in [2.75, 3.05) is 25.0 Å². The summed E-state index contributed by atoms with van der Waals surface area (Å²) >= 11 is 0. The fraction of sp³-hybridized carbons (Fsp3) is 0.368. The number of urea groups is 1. The summed E-state index contributed by atoms with van der Waals surface area (Å²) in [6.07, 6.45) is 3.72. The van der Waals surface area contributed by atoms with Crippen LogP contribution in [0.3, 0.4) is 0 Å². The summed E-state index contributed by atoms with van der Waals surface area (Å²) in [4.78, 5) is 18.2. The van der Waals surface area contributed by atoms with Gasteiger partial charge in [0.15, 0.2) is 0 Å². The van der Waals surface area contributed by atoms with Crippen molar-refractivity contribution in [2.24, 2.45) is 0 Å². The van der Waals surface area contributed by atoms with E-state index in [4.69, 9.17) is 0 Å². The Morgan fingerprint density at radius 3 is 2.92 bits per heavy atom. The van der Waals surface area contributed by atoms with E-state index in [0.717, 1.165) is 30.8 Å². The van der Waals surface area contributed by atoms with Crippen LogP contribution >= 0.6 is 0 Å². The summed E-state index contributed by atoms with van der Waals surface area (Å²) in [5.74, 6) is 0. The van der Waals surface area contributed by atoms with E-state index in [1.807, 2.05) is 13.0 Å². The van der Waals surface area contributed by atoms with Crippen LogP contribution in [-0.2, 0) is 13.0 Å². The van der Waals surface area contributed by atoms with Crippen molar-refractivity contribution in [3.63, 3.8) is 0 Å². The third-order valence-electron chi connectivity index (χ3n) is 4.45. The van der Waals surface area contributed by atoms with Crippen LogP contribution in [0, 0.1) is 6.92 Å². The molecule has 132 valence electrons. The first kappa shape index (κ1) is 17.4. The van der Waals surface area contributed by atoms with Crippen molar-refractivity contribution >= 4 is 11.7 Å². The van der Waals surface area contributed by atoms with E-state index < -0.39 is 6.10 Å². The van der Waals surface area contributed by atoms with Gasteiger partial charge in [-0.15, -0.1) is 0 Å². The minimum Gasteiger partial charge on any atom is -0.390 e. The second kappa shape index (κ2) is 8.09. The van der Waals surface area contributed by atoms with Crippen molar-refractivity contribution in [1.82, 2.24) is 15.2 Å². The molecule has 1 unspecified atom stereocenters. The molecule has 1 aliphatic rings. The Bertz CT molecular complexity index is 735. The number of fused-ring (bicyclic) bond motifs is 1. The molecule has 3 N–H and O–H groups in total. The maximum Gasteiger partial charge on any atom is 0.319 e. The Morgan fingerprint density at radius 2 is 2.12 bits per heavy atom. The van der Waals surface area contributed by atoms with Gasteiger partial charge in [0.1, 0.15) is 0 Å². The number of carbonyl (C=O) groups excluding carboxylic acids is 1. The number of hydrogen-bond acceptors (Lipinski definition) is 4. The standard InChI is InChI=1S/C19H24N4O2/c1-14-10-20-8-6-18(14)22-19(25)21-11-17(24)13-23-9-7-15-4-2-3-5-16(15)12-23/h2-6,8,10,17,24H,7,9,11-13H2,1H3,(H2,20,21,22,25). The normalized spacial score (nSPS) is 15.3. The van der Waals surface area contributed by atoms with Crippen molar-refractivity contribution in [3.8, 4) is 0 Å². The molecule has 0 radical (unpaired) electrons. The number of hydrogen-bond donors (Lipinski definition) is 3. The molecule has 2 aromatic rings. The number of nitrogens with zero attached hydrogens (tertiary/aromatic N) is 2. The number of pyridine rings is 1. The second-order valence-electron chi connectivity index (χ2n) is 6.43. The molecule has 1 aromatic heterocycles. The minimum absolute atomic E-state index is 0.216. The Hall–Kier alpha value is -2.44. The van der Waals surface area contributed by atoms with E-state index >= 15 is 0 Å². The number of amides is 2. The van der Waals surface area contributed by atoms with Gasteiger partial charge in [0.25, 0.3) is 0 Å². The molecule has 1 aromatic carbocycles. The highest BCUT2D eigenvalue weighted by atomic mass is 16.3. The average Bonchev–Trinajstić information content (AvgIpc) is 2.62. The zero-order valence-corrected chi connectivity index (χ0v) is 14.4. The van der Waals surface area contributed by atoms with Gasteiger partial charge in [-0.25, -0.2) is 4.79 Å². The van der Waals surface area contributed by atoms with Crippen LogP contribution in [0.4, 0.5) is 10.5 Å². The quantitative estimate of drug-likeness (QED) is 0.777. The Labute approximate surface area is 147 Å². The summed E-state index contributed by atoms with van der Waals surface area (Å²) < 4.78 is 0. The average molecular weight is 340 g/mol. The van der Waals surface area contributed by atoms with Crippen molar-refractivity contribution in [3.05, 3.63) is 59.4 Å². The molecular formula is C19H24N4O2. The lowest BCUT2D eigenvalue weighted by atomic mass is 10.00. The summed E-state index contributed by atoms with van der Waals surface area (Å²) in [6.45, 7) is 4.41. The Balaban J connectivity index is 1.43. The van der Waals surface area contributed by atoms with Crippen LogP contribution < -0.4 is 10.6 Å². The molecule has 6 nitrogen and oxygen atoms in total. The first-order chi connectivity index (χ1) is 12.1. The second-order valence-corrected chi connectivity index (χ2v) is 6.43. The first-order valence-corrected chi connectivity index (χ1v) is 8.54. The van der Waals surface area contributed by atoms with Gasteiger partial charge in [-0.1, -0.05) is 24.3 Å². The number of aryl methyl sites for hydroxylation is 1. The number of rotatable bonds is 5. The zero-order valence-electron chi connectivity index (χ0n) is 14.4. The lowest BCUT2D eigenvalue weighted by Gasteiger charge is -2.30. The highest BCUT2D eigenvalue weighted by molar-refractivity contribution is 5.89. The molecule has 25 heavy (non-hydrogen) atoms. The summed E-state index contributed by atoms with van der Waals surface area (Å²) in [7, 11) is 0. The molecular weight excluding hydrogens is 316 g/mol. The van der Waals surface area contributed by atoms with Gasteiger partial charge in [-0.2, -0.15) is 0 Å². The van der Waals surface area contributed by atoms with Crippen LogP contribution in [-0.4, -0.2) is 46.8 Å². The number of β-amino-alcohol motifs (C(OH)–C–C–N with tert-alkyl or cyclic N) is 1. The number of nitrogens with one attached hydrogen (secondary N) is 2. The van der Waals surface area contributed by atoms with Gasteiger partial charge in [-0.05, 0) is 36.1 Å². The fourth-order valence-corrected chi connectivity index (χ4v) is 3.06. The number of carbonyl (C=O) groups is 1. The highest BCUT2D eigenvalue weighted by Gasteiger charge is 2.18. The molecule has 2 amide bonds. The molecule has 0 bridgehead atoms. The number of benzene rings is 1. The minimum atomic E-state index is -0.602. The summed E-state index contributed by atoms with van der Waals surface area (Å²) in [5.41, 5.74) is 4.32. The van der Waals surface area contributed by atoms with Crippen LogP contribution in [0.25, 0.3) is 0 Å². The van der Waals surface area contributed by atoms with Gasteiger partial charge in [0, 0.05) is 44.3 Å². The smallest absolute Gasteiger partial charge is 0.319 e. The molecule has 6 heteroatoms. The molecule has 0 saturated carbocycles. The van der Waals surface area contributed by atoms with Crippen LogP contribution in [0.5, 0.6) is 0 Å². The Morgan fingerprint density at radius 1 is 1.32 bits per heavy atom. The molecule has 0 fully saturated rings. The van der Waals surface area contributed by atoms with E-state index in [1.165, 1.54) is 11.1 Å².